The molecule has 3 heterocycles. The zero-order chi connectivity index (χ0) is 14.5. The van der Waals surface area contributed by atoms with Crippen molar-refractivity contribution in [1.29, 1.82) is 0 Å². The van der Waals surface area contributed by atoms with Gasteiger partial charge in [0.25, 0.3) is 5.91 Å². The van der Waals surface area contributed by atoms with E-state index in [2.05, 4.69) is 15.2 Å². The van der Waals surface area contributed by atoms with Gasteiger partial charge in [0, 0.05) is 32.4 Å². The summed E-state index contributed by atoms with van der Waals surface area (Å²) in [4.78, 5) is 18.8. The smallest absolute Gasteiger partial charge is 0.252 e. The number of rotatable bonds is 4. The Balaban J connectivity index is 1.54. The highest BCUT2D eigenvalue weighted by atomic mass is 16.5. The second-order valence-corrected chi connectivity index (χ2v) is 5.80. The van der Waals surface area contributed by atoms with Gasteiger partial charge in [0.2, 0.25) is 0 Å². The number of carbonyl (C=O) groups is 1. The first kappa shape index (κ1) is 14.3. The first-order chi connectivity index (χ1) is 10.3. The van der Waals surface area contributed by atoms with Crippen LogP contribution in [0.1, 0.15) is 42.5 Å². The topological polar surface area (TPSA) is 54.5 Å². The van der Waals surface area contributed by atoms with E-state index in [0.29, 0.717) is 12.1 Å². The number of amides is 1. The molecule has 2 aliphatic heterocycles. The molecule has 1 atom stereocenters. The molecule has 21 heavy (non-hydrogen) atoms. The van der Waals surface area contributed by atoms with Crippen LogP contribution in [0.25, 0.3) is 0 Å². The van der Waals surface area contributed by atoms with E-state index in [1.807, 2.05) is 12.1 Å². The molecule has 114 valence electrons. The predicted molar refractivity (Wildman–Crippen MR) is 81.6 cm³/mol. The van der Waals surface area contributed by atoms with Crippen LogP contribution in [0.2, 0.25) is 0 Å². The van der Waals surface area contributed by atoms with E-state index >= 15 is 0 Å². The standard InChI is InChI=1S/C16H23N3O2/c20-16(18-12-14-5-4-10-21-14)13-6-7-15(17-11-13)19-8-2-1-3-9-19/h6-7,11,14H,1-5,8-10,12H2,(H,18,20)/t14-/m1/s1. The van der Waals surface area contributed by atoms with Gasteiger partial charge >= 0.3 is 0 Å². The highest BCUT2D eigenvalue weighted by molar-refractivity contribution is 5.94. The van der Waals surface area contributed by atoms with Gasteiger partial charge in [0.15, 0.2) is 0 Å². The SMILES string of the molecule is O=C(NC[C@H]1CCCO1)c1ccc(N2CCCCC2)nc1. The molecule has 3 rings (SSSR count). The summed E-state index contributed by atoms with van der Waals surface area (Å²) in [6.07, 6.45) is 7.74. The molecule has 2 fully saturated rings. The molecule has 5 heteroatoms. The van der Waals surface area contributed by atoms with Gasteiger partial charge in [-0.2, -0.15) is 0 Å². The van der Waals surface area contributed by atoms with Gasteiger partial charge in [-0.05, 0) is 44.2 Å². The summed E-state index contributed by atoms with van der Waals surface area (Å²) in [7, 11) is 0. The molecule has 1 aromatic rings. The van der Waals surface area contributed by atoms with Gasteiger partial charge in [0.05, 0.1) is 11.7 Å². The lowest BCUT2D eigenvalue weighted by Gasteiger charge is -2.27. The van der Waals surface area contributed by atoms with Crippen LogP contribution in [0.15, 0.2) is 18.3 Å². The highest BCUT2D eigenvalue weighted by Crippen LogP contribution is 2.17. The second-order valence-electron chi connectivity index (χ2n) is 5.80. The van der Waals surface area contributed by atoms with Gasteiger partial charge in [-0.3, -0.25) is 4.79 Å². The van der Waals surface area contributed by atoms with Crippen molar-refractivity contribution in [3.05, 3.63) is 23.9 Å². The summed E-state index contributed by atoms with van der Waals surface area (Å²) in [6, 6.07) is 3.81. The molecule has 0 aliphatic carbocycles. The number of ether oxygens (including phenoxy) is 1. The third-order valence-electron chi connectivity index (χ3n) is 4.20. The van der Waals surface area contributed by atoms with Gasteiger partial charge < -0.3 is 15.0 Å². The van der Waals surface area contributed by atoms with Gasteiger partial charge in [-0.15, -0.1) is 0 Å². The lowest BCUT2D eigenvalue weighted by atomic mass is 10.1. The van der Waals surface area contributed by atoms with Crippen molar-refractivity contribution in [3.8, 4) is 0 Å². The van der Waals surface area contributed by atoms with E-state index in [1.165, 1.54) is 19.3 Å². The summed E-state index contributed by atoms with van der Waals surface area (Å²) in [5.74, 6) is 0.911. The van der Waals surface area contributed by atoms with E-state index in [-0.39, 0.29) is 12.0 Å². The Morgan fingerprint density at radius 1 is 1.29 bits per heavy atom. The molecule has 2 aliphatic rings. The number of carbonyl (C=O) groups excluding carboxylic acids is 1. The van der Waals surface area contributed by atoms with Crippen LogP contribution >= 0.6 is 0 Å². The van der Waals surface area contributed by atoms with Crippen molar-refractivity contribution in [1.82, 2.24) is 10.3 Å². The van der Waals surface area contributed by atoms with E-state index in [9.17, 15) is 4.79 Å². The Morgan fingerprint density at radius 3 is 2.81 bits per heavy atom. The van der Waals surface area contributed by atoms with Crippen LogP contribution in [0.3, 0.4) is 0 Å². The lowest BCUT2D eigenvalue weighted by Crippen LogP contribution is -2.32. The first-order valence-electron chi connectivity index (χ1n) is 7.94. The Labute approximate surface area is 125 Å². The molecule has 2 saturated heterocycles. The summed E-state index contributed by atoms with van der Waals surface area (Å²) in [5.41, 5.74) is 0.619. The zero-order valence-electron chi connectivity index (χ0n) is 12.4. The van der Waals surface area contributed by atoms with Crippen molar-refractivity contribution in [2.45, 2.75) is 38.2 Å². The fourth-order valence-corrected chi connectivity index (χ4v) is 2.94. The Hall–Kier alpha value is -1.62. The van der Waals surface area contributed by atoms with E-state index in [0.717, 1.165) is 38.4 Å². The maximum Gasteiger partial charge on any atom is 0.252 e. The summed E-state index contributed by atoms with van der Waals surface area (Å²) >= 11 is 0. The average molecular weight is 289 g/mol. The monoisotopic (exact) mass is 289 g/mol. The molecule has 0 radical (unpaired) electrons. The number of nitrogens with zero attached hydrogens (tertiary/aromatic N) is 2. The predicted octanol–water partition coefficient (Wildman–Crippen LogP) is 1.98. The number of nitrogens with one attached hydrogen (secondary N) is 1. The van der Waals surface area contributed by atoms with Crippen molar-refractivity contribution < 1.29 is 9.53 Å². The van der Waals surface area contributed by atoms with Crippen LogP contribution in [0.5, 0.6) is 0 Å². The van der Waals surface area contributed by atoms with Crippen LogP contribution in [0.4, 0.5) is 5.82 Å². The molecule has 1 aromatic heterocycles. The minimum Gasteiger partial charge on any atom is -0.376 e. The van der Waals surface area contributed by atoms with E-state index in [4.69, 9.17) is 4.74 Å². The maximum atomic E-state index is 12.1. The molecule has 0 bridgehead atoms. The molecule has 5 nitrogen and oxygen atoms in total. The molecule has 1 N–H and O–H groups in total. The quantitative estimate of drug-likeness (QED) is 0.921. The van der Waals surface area contributed by atoms with Crippen molar-refractivity contribution in [2.75, 3.05) is 31.1 Å². The molecule has 0 unspecified atom stereocenters. The van der Waals surface area contributed by atoms with E-state index < -0.39 is 0 Å². The number of hydrogen-bond donors (Lipinski definition) is 1. The molecule has 0 aromatic carbocycles. The summed E-state index contributed by atoms with van der Waals surface area (Å²) in [6.45, 7) is 3.54. The van der Waals surface area contributed by atoms with Gasteiger partial charge in [0.1, 0.15) is 5.82 Å². The Bertz CT molecular complexity index is 463. The average Bonchev–Trinajstić information content (AvgIpc) is 3.07. The number of hydrogen-bond acceptors (Lipinski definition) is 4. The largest absolute Gasteiger partial charge is 0.376 e. The molecule has 0 saturated carbocycles. The molecular formula is C16H23N3O2. The van der Waals surface area contributed by atoms with Gasteiger partial charge in [-0.1, -0.05) is 0 Å². The van der Waals surface area contributed by atoms with Crippen LogP contribution in [-0.2, 0) is 4.74 Å². The number of piperidine rings is 1. The Morgan fingerprint density at radius 2 is 2.14 bits per heavy atom. The highest BCUT2D eigenvalue weighted by Gasteiger charge is 2.17. The Kier molecular flexibility index (Phi) is 4.70. The maximum absolute atomic E-state index is 12.1. The van der Waals surface area contributed by atoms with Crippen molar-refractivity contribution in [3.63, 3.8) is 0 Å². The van der Waals surface area contributed by atoms with Crippen LogP contribution in [-0.4, -0.2) is 43.2 Å². The van der Waals surface area contributed by atoms with Gasteiger partial charge in [-0.25, -0.2) is 4.98 Å². The number of pyridine rings is 1. The van der Waals surface area contributed by atoms with Crippen LogP contribution < -0.4 is 10.2 Å². The first-order valence-corrected chi connectivity index (χ1v) is 7.94. The lowest BCUT2D eigenvalue weighted by molar-refractivity contribution is 0.0857. The zero-order valence-corrected chi connectivity index (χ0v) is 12.4. The second kappa shape index (κ2) is 6.89. The molecule has 1 amide bonds. The van der Waals surface area contributed by atoms with Crippen LogP contribution in [0, 0.1) is 0 Å². The fraction of sp³-hybridized carbons (Fsp3) is 0.625. The third kappa shape index (κ3) is 3.73. The molecule has 0 spiro atoms. The minimum atomic E-state index is -0.0665. The van der Waals surface area contributed by atoms with Crippen molar-refractivity contribution in [2.24, 2.45) is 0 Å². The summed E-state index contributed by atoms with van der Waals surface area (Å²) < 4.78 is 5.50. The minimum absolute atomic E-state index is 0.0665. The van der Waals surface area contributed by atoms with E-state index in [1.54, 1.807) is 6.20 Å². The number of anilines is 1. The third-order valence-corrected chi connectivity index (χ3v) is 4.20. The fourth-order valence-electron chi connectivity index (χ4n) is 2.94. The summed E-state index contributed by atoms with van der Waals surface area (Å²) in [5, 5.41) is 2.92. The number of aromatic nitrogens is 1. The molecular weight excluding hydrogens is 266 g/mol. The normalized spacial score (nSPS) is 22.3. The van der Waals surface area contributed by atoms with Crippen molar-refractivity contribution >= 4 is 11.7 Å².